The average Bonchev–Trinajstić information content (AvgIpc) is 3.36. The Labute approximate surface area is 233 Å². The van der Waals surface area contributed by atoms with E-state index in [4.69, 9.17) is 25.1 Å². The largest absolute Gasteiger partial charge is 0.494 e. The summed E-state index contributed by atoms with van der Waals surface area (Å²) in [6.45, 7) is 4.44. The molecule has 0 aromatic heterocycles. The van der Waals surface area contributed by atoms with Crippen molar-refractivity contribution in [2.24, 2.45) is 10.1 Å². The van der Waals surface area contributed by atoms with Gasteiger partial charge in [-0.2, -0.15) is 0 Å². The van der Waals surface area contributed by atoms with Crippen molar-refractivity contribution in [1.82, 2.24) is 10.9 Å². The molecule has 1 amide bonds. The molecule has 11 heteroatoms. The first-order chi connectivity index (χ1) is 19.5. The van der Waals surface area contributed by atoms with Gasteiger partial charge in [-0.1, -0.05) is 35.5 Å². The zero-order valence-electron chi connectivity index (χ0n) is 22.4. The molecule has 2 aliphatic rings. The van der Waals surface area contributed by atoms with E-state index in [0.29, 0.717) is 48.6 Å². The van der Waals surface area contributed by atoms with Crippen molar-refractivity contribution in [2.75, 3.05) is 13.2 Å². The summed E-state index contributed by atoms with van der Waals surface area (Å²) in [7, 11) is 0. The molecule has 0 unspecified atom stereocenters. The van der Waals surface area contributed by atoms with Gasteiger partial charge < -0.3 is 19.7 Å². The van der Waals surface area contributed by atoms with Crippen LogP contribution in [0, 0.1) is 0 Å². The lowest BCUT2D eigenvalue weighted by molar-refractivity contribution is -0.130. The number of nitrogens with one attached hydrogen (secondary N) is 2. The maximum Gasteiger partial charge on any atom is 0.266 e. The number of benzene rings is 2. The summed E-state index contributed by atoms with van der Waals surface area (Å²) in [5, 5.41) is 22.6. The lowest BCUT2D eigenvalue weighted by Gasteiger charge is -2.32. The number of aliphatic hydroxyl groups is 2. The molecule has 1 fully saturated rings. The summed E-state index contributed by atoms with van der Waals surface area (Å²) in [5.74, 6) is 0.563. The van der Waals surface area contributed by atoms with E-state index in [1.54, 1.807) is 18.2 Å². The van der Waals surface area contributed by atoms with Crippen LogP contribution < -0.4 is 15.6 Å². The van der Waals surface area contributed by atoms with E-state index in [1.165, 1.54) is 0 Å². The highest BCUT2D eigenvalue weighted by Gasteiger charge is 2.53. The molecule has 2 aromatic rings. The number of aliphatic imine (C=N–C) groups is 1. The monoisotopic (exact) mass is 548 g/mol. The highest BCUT2D eigenvalue weighted by Crippen LogP contribution is 2.44. The lowest BCUT2D eigenvalue weighted by Crippen LogP contribution is -2.55. The molecule has 4 N–H and O–H groups in total. The number of hydrazine groups is 1. The summed E-state index contributed by atoms with van der Waals surface area (Å²) < 4.78 is 12.1. The normalized spacial score (nSPS) is 23.9. The number of amides is 1. The van der Waals surface area contributed by atoms with Crippen molar-refractivity contribution in [3.05, 3.63) is 88.3 Å². The van der Waals surface area contributed by atoms with Gasteiger partial charge in [0.1, 0.15) is 5.75 Å². The predicted molar refractivity (Wildman–Crippen MR) is 150 cm³/mol. The molecule has 2 aromatic carbocycles. The van der Waals surface area contributed by atoms with Crippen molar-refractivity contribution < 1.29 is 24.5 Å². The lowest BCUT2D eigenvalue weighted by atomic mass is 9.83. The van der Waals surface area contributed by atoms with Crippen LogP contribution in [0.3, 0.4) is 0 Å². The number of nitrogens with zero attached hydrogens (tertiary/aromatic N) is 4. The molecule has 0 saturated heterocycles. The number of carbonyl (C=O) groups excluding carboxylic acids is 1. The Bertz CT molecular complexity index is 1240. The number of carbonyl (C=O) groups is 1. The van der Waals surface area contributed by atoms with Gasteiger partial charge in [0.25, 0.3) is 5.91 Å². The zero-order chi connectivity index (χ0) is 28.4. The van der Waals surface area contributed by atoms with Crippen molar-refractivity contribution in [2.45, 2.75) is 68.9 Å². The van der Waals surface area contributed by atoms with Gasteiger partial charge >= 0.3 is 0 Å². The third-order valence-corrected chi connectivity index (χ3v) is 7.21. The second kappa shape index (κ2) is 14.0. The standard InChI is InChI=1S/C29H36N6O5/c1-2-16-29(28(38)34-33-22-10-12-23(37)13-11-22)26(25-7-4-3-6-21(25)19-31-35-30)40-27(32-29)20-8-14-24(15-9-20)39-18-5-17-36/h2-4,6-9,14-15,22-23,26,33,36-37H,1,5,10-13,16-19H2,(H,34,38)/t22?,23?,26-,29-/m0/s1. The fraction of sp³-hybridized carbons (Fsp3) is 0.448. The number of hydrogen-bond acceptors (Lipinski definition) is 8. The summed E-state index contributed by atoms with van der Waals surface area (Å²) in [4.78, 5) is 21.8. The minimum absolute atomic E-state index is 0.0352. The molecule has 1 aliphatic carbocycles. The molecule has 0 spiro atoms. The van der Waals surface area contributed by atoms with E-state index < -0.39 is 11.6 Å². The van der Waals surface area contributed by atoms with E-state index in [0.717, 1.165) is 18.4 Å². The van der Waals surface area contributed by atoms with Gasteiger partial charge in [0.05, 0.1) is 19.3 Å². The third-order valence-electron chi connectivity index (χ3n) is 7.21. The van der Waals surface area contributed by atoms with Gasteiger partial charge in [0.2, 0.25) is 5.90 Å². The van der Waals surface area contributed by atoms with Gasteiger partial charge in [-0.25, -0.2) is 10.4 Å². The van der Waals surface area contributed by atoms with Crippen molar-refractivity contribution in [1.29, 1.82) is 0 Å². The highest BCUT2D eigenvalue weighted by molar-refractivity contribution is 6.01. The van der Waals surface area contributed by atoms with Crippen LogP contribution in [0.2, 0.25) is 0 Å². The van der Waals surface area contributed by atoms with Gasteiger partial charge in [0.15, 0.2) is 11.6 Å². The second-order valence-electron chi connectivity index (χ2n) is 9.97. The first kappa shape index (κ1) is 29.1. The Morgan fingerprint density at radius 2 is 1.98 bits per heavy atom. The molecular formula is C29H36N6O5. The van der Waals surface area contributed by atoms with Crippen LogP contribution in [0.4, 0.5) is 0 Å². The average molecular weight is 549 g/mol. The summed E-state index contributed by atoms with van der Waals surface area (Å²) in [6.07, 6.45) is 4.07. The van der Waals surface area contributed by atoms with E-state index in [1.807, 2.05) is 36.4 Å². The number of aliphatic hydroxyl groups excluding tert-OH is 2. The maximum atomic E-state index is 14.0. The SMILES string of the molecule is C=CC[C@]1(C(=O)NNC2CCC(O)CC2)N=C(c2ccc(OCCCO)cc2)O[C@H]1c1ccccc1CN=[N+]=[N-]. The van der Waals surface area contributed by atoms with Gasteiger partial charge in [-0.3, -0.25) is 10.2 Å². The van der Waals surface area contributed by atoms with Crippen molar-refractivity contribution in [3.8, 4) is 5.75 Å². The summed E-state index contributed by atoms with van der Waals surface area (Å²) in [5.41, 5.74) is 15.6. The molecule has 0 radical (unpaired) electrons. The fourth-order valence-electron chi connectivity index (χ4n) is 5.05. The number of azide groups is 1. The van der Waals surface area contributed by atoms with E-state index in [2.05, 4.69) is 27.5 Å². The molecule has 11 nitrogen and oxygen atoms in total. The molecule has 1 heterocycles. The number of rotatable bonds is 13. The molecule has 4 rings (SSSR count). The zero-order valence-corrected chi connectivity index (χ0v) is 22.4. The van der Waals surface area contributed by atoms with Gasteiger partial charge in [-0.15, -0.1) is 6.58 Å². The van der Waals surface area contributed by atoms with Crippen LogP contribution in [0.1, 0.15) is 61.3 Å². The molecule has 1 saturated carbocycles. The molecular weight excluding hydrogens is 512 g/mol. The van der Waals surface area contributed by atoms with Crippen molar-refractivity contribution in [3.63, 3.8) is 0 Å². The van der Waals surface area contributed by atoms with Crippen LogP contribution in [0.25, 0.3) is 10.4 Å². The Morgan fingerprint density at radius 1 is 1.23 bits per heavy atom. The third kappa shape index (κ3) is 6.81. The second-order valence-corrected chi connectivity index (χ2v) is 9.97. The molecule has 40 heavy (non-hydrogen) atoms. The van der Waals surface area contributed by atoms with Crippen LogP contribution in [0.15, 0.2) is 71.3 Å². The van der Waals surface area contributed by atoms with Crippen LogP contribution >= 0.6 is 0 Å². The first-order valence-corrected chi connectivity index (χ1v) is 13.5. The molecule has 1 aliphatic heterocycles. The summed E-state index contributed by atoms with van der Waals surface area (Å²) in [6, 6.07) is 14.6. The van der Waals surface area contributed by atoms with Crippen LogP contribution in [-0.4, -0.2) is 52.9 Å². The Morgan fingerprint density at radius 3 is 2.67 bits per heavy atom. The van der Waals surface area contributed by atoms with Crippen LogP contribution in [0.5, 0.6) is 5.75 Å². The van der Waals surface area contributed by atoms with E-state index in [9.17, 15) is 9.90 Å². The van der Waals surface area contributed by atoms with E-state index in [-0.39, 0.29) is 37.6 Å². The van der Waals surface area contributed by atoms with Crippen molar-refractivity contribution >= 4 is 11.8 Å². The summed E-state index contributed by atoms with van der Waals surface area (Å²) >= 11 is 0. The number of ether oxygens (including phenoxy) is 2. The molecule has 0 bridgehead atoms. The van der Waals surface area contributed by atoms with E-state index >= 15 is 0 Å². The van der Waals surface area contributed by atoms with Gasteiger partial charge in [-0.05, 0) is 66.6 Å². The minimum Gasteiger partial charge on any atom is -0.494 e. The highest BCUT2D eigenvalue weighted by atomic mass is 16.5. The Kier molecular flexibility index (Phi) is 10.2. The Balaban J connectivity index is 1.67. The minimum atomic E-state index is -1.39. The van der Waals surface area contributed by atoms with Crippen LogP contribution in [-0.2, 0) is 16.1 Å². The number of hydrogen-bond donors (Lipinski definition) is 4. The quantitative estimate of drug-likeness (QED) is 0.0738. The predicted octanol–water partition coefficient (Wildman–Crippen LogP) is 4.02. The van der Waals surface area contributed by atoms with Gasteiger partial charge in [0, 0.05) is 36.0 Å². The molecule has 2 atom stereocenters. The maximum absolute atomic E-state index is 14.0. The Hall–Kier alpha value is -3.89. The first-order valence-electron chi connectivity index (χ1n) is 13.5. The topological polar surface area (TPSA) is 161 Å². The fourth-order valence-corrected chi connectivity index (χ4v) is 5.05. The smallest absolute Gasteiger partial charge is 0.266 e. The molecule has 212 valence electrons.